The van der Waals surface area contributed by atoms with Crippen LogP contribution < -0.4 is 5.73 Å². The fourth-order valence-electron chi connectivity index (χ4n) is 2.12. The van der Waals surface area contributed by atoms with E-state index in [1.165, 1.54) is 4.90 Å². The van der Waals surface area contributed by atoms with Crippen LogP contribution in [0.2, 0.25) is 0 Å². The summed E-state index contributed by atoms with van der Waals surface area (Å²) in [6, 6.07) is -1.65. The van der Waals surface area contributed by atoms with Crippen LogP contribution in [0.3, 0.4) is 0 Å². The third-order valence-corrected chi connectivity index (χ3v) is 3.59. The van der Waals surface area contributed by atoms with Crippen LogP contribution in [0.15, 0.2) is 0 Å². The molecule has 2 rings (SSSR count). The number of amides is 3. The number of nitrogens with zero attached hydrogens (tertiary/aromatic N) is 2. The van der Waals surface area contributed by atoms with Gasteiger partial charge in [-0.2, -0.15) is 0 Å². The molecule has 84 valence electrons. The summed E-state index contributed by atoms with van der Waals surface area (Å²) in [7, 11) is 0. The highest BCUT2D eigenvalue weighted by Crippen LogP contribution is 2.30. The number of primary amides is 1. The zero-order valence-corrected chi connectivity index (χ0v) is 8.61. The van der Waals surface area contributed by atoms with Gasteiger partial charge in [0.2, 0.25) is 5.91 Å². The zero-order chi connectivity index (χ0) is 11.2. The van der Waals surface area contributed by atoms with Gasteiger partial charge in [0.1, 0.15) is 6.04 Å². The summed E-state index contributed by atoms with van der Waals surface area (Å²) in [5.74, 6) is -0.583. The Morgan fingerprint density at radius 2 is 2.20 bits per heavy atom. The molecule has 7 nitrogen and oxygen atoms in total. The molecule has 2 bridgehead atoms. The molecular formula is C7H10N3O4S-. The zero-order valence-electron chi connectivity index (χ0n) is 7.79. The molecule has 15 heavy (non-hydrogen) atoms. The molecule has 0 aliphatic carbocycles. The second kappa shape index (κ2) is 3.46. The number of urea groups is 1. The Balaban J connectivity index is 2.25. The molecule has 0 spiro atoms. The summed E-state index contributed by atoms with van der Waals surface area (Å²) < 4.78 is 22.4. The van der Waals surface area contributed by atoms with Crippen LogP contribution in [0.25, 0.3) is 0 Å². The minimum Gasteiger partial charge on any atom is -0.755 e. The summed E-state index contributed by atoms with van der Waals surface area (Å²) in [5, 5.41) is 0. The van der Waals surface area contributed by atoms with Gasteiger partial charge in [0.15, 0.2) is 0 Å². The van der Waals surface area contributed by atoms with Gasteiger partial charge in [-0.1, -0.05) is 0 Å². The van der Waals surface area contributed by atoms with Crippen molar-refractivity contribution in [1.29, 1.82) is 0 Å². The highest BCUT2D eigenvalue weighted by Gasteiger charge is 2.46. The van der Waals surface area contributed by atoms with Crippen molar-refractivity contribution in [3.05, 3.63) is 0 Å². The van der Waals surface area contributed by atoms with Crippen LogP contribution in [-0.4, -0.2) is 48.5 Å². The van der Waals surface area contributed by atoms with Gasteiger partial charge in [0, 0.05) is 6.54 Å². The maximum atomic E-state index is 11.6. The number of fused-ring (bicyclic) bond motifs is 2. The van der Waals surface area contributed by atoms with Crippen molar-refractivity contribution in [1.82, 2.24) is 9.21 Å². The Bertz CT molecular complexity index is 347. The quantitative estimate of drug-likeness (QED) is 0.587. The minimum atomic E-state index is -2.57. The number of piperidine rings is 1. The Kier molecular flexibility index (Phi) is 2.39. The Morgan fingerprint density at radius 1 is 1.53 bits per heavy atom. The summed E-state index contributed by atoms with van der Waals surface area (Å²) in [4.78, 5) is 23.8. The Labute approximate surface area is 88.6 Å². The standard InChI is InChI=1S/C7H11N3O4S/c8-6(11)5-2-1-4-3-9(5)7(12)10(4)15(13)14/h4-5H,1-3H2,(H2,8,11)(H,13,14)/p-1/t4-,5+/m1/s1. The molecule has 8 heteroatoms. The Morgan fingerprint density at radius 3 is 2.73 bits per heavy atom. The SMILES string of the molecule is NC(=O)[C@@H]1CC[C@@H]2CN1C(=O)N2S(=O)[O-]. The van der Waals surface area contributed by atoms with Crippen molar-refractivity contribution in [2.75, 3.05) is 6.54 Å². The molecule has 2 aliphatic heterocycles. The van der Waals surface area contributed by atoms with E-state index in [0.717, 1.165) is 4.31 Å². The lowest BCUT2D eigenvalue weighted by Crippen LogP contribution is -2.47. The number of hydrogen-bond acceptors (Lipinski definition) is 4. The largest absolute Gasteiger partial charge is 0.755 e. The predicted octanol–water partition coefficient (Wildman–Crippen LogP) is -1.47. The van der Waals surface area contributed by atoms with Crippen LogP contribution >= 0.6 is 0 Å². The molecule has 2 N–H and O–H groups in total. The summed E-state index contributed by atoms with van der Waals surface area (Å²) >= 11 is -2.57. The van der Waals surface area contributed by atoms with E-state index < -0.39 is 29.2 Å². The summed E-state index contributed by atoms with van der Waals surface area (Å²) in [6.07, 6.45) is 0.920. The van der Waals surface area contributed by atoms with E-state index in [4.69, 9.17) is 5.73 Å². The van der Waals surface area contributed by atoms with Crippen molar-refractivity contribution in [2.24, 2.45) is 5.73 Å². The van der Waals surface area contributed by atoms with Gasteiger partial charge < -0.3 is 15.2 Å². The molecule has 2 fully saturated rings. The van der Waals surface area contributed by atoms with Crippen molar-refractivity contribution in [2.45, 2.75) is 24.9 Å². The van der Waals surface area contributed by atoms with E-state index >= 15 is 0 Å². The summed E-state index contributed by atoms with van der Waals surface area (Å²) in [5.41, 5.74) is 5.13. The van der Waals surface area contributed by atoms with E-state index in [0.29, 0.717) is 12.8 Å². The predicted molar refractivity (Wildman–Crippen MR) is 48.9 cm³/mol. The van der Waals surface area contributed by atoms with E-state index in [-0.39, 0.29) is 12.6 Å². The number of carbonyl (C=O) groups is 2. The third-order valence-electron chi connectivity index (χ3n) is 2.81. The van der Waals surface area contributed by atoms with Crippen molar-refractivity contribution >= 4 is 23.2 Å². The van der Waals surface area contributed by atoms with Crippen LogP contribution in [-0.2, 0) is 16.1 Å². The normalized spacial score (nSPS) is 31.9. The Hall–Kier alpha value is -1.15. The van der Waals surface area contributed by atoms with Crippen molar-refractivity contribution < 1.29 is 18.4 Å². The molecule has 2 aliphatic rings. The fourth-order valence-corrected chi connectivity index (χ4v) is 2.77. The third kappa shape index (κ3) is 1.49. The van der Waals surface area contributed by atoms with E-state index in [2.05, 4.69) is 0 Å². The molecule has 0 aromatic heterocycles. The molecule has 0 saturated carbocycles. The topological polar surface area (TPSA) is 107 Å². The molecular weight excluding hydrogens is 222 g/mol. The first-order chi connectivity index (χ1) is 7.02. The highest BCUT2D eigenvalue weighted by atomic mass is 32.2. The first-order valence-electron chi connectivity index (χ1n) is 4.51. The molecule has 0 radical (unpaired) electrons. The van der Waals surface area contributed by atoms with Crippen molar-refractivity contribution in [3.8, 4) is 0 Å². The van der Waals surface area contributed by atoms with Gasteiger partial charge in [-0.15, -0.1) is 0 Å². The van der Waals surface area contributed by atoms with Gasteiger partial charge in [-0.25, -0.2) is 9.10 Å². The van der Waals surface area contributed by atoms with Crippen LogP contribution in [0.1, 0.15) is 12.8 Å². The highest BCUT2D eigenvalue weighted by molar-refractivity contribution is 7.77. The lowest BCUT2D eigenvalue weighted by molar-refractivity contribution is -0.122. The van der Waals surface area contributed by atoms with E-state index in [1.807, 2.05) is 0 Å². The van der Waals surface area contributed by atoms with E-state index in [1.54, 1.807) is 0 Å². The fraction of sp³-hybridized carbons (Fsp3) is 0.714. The lowest BCUT2D eigenvalue weighted by atomic mass is 10.0. The van der Waals surface area contributed by atoms with Crippen LogP contribution in [0, 0.1) is 0 Å². The van der Waals surface area contributed by atoms with Crippen LogP contribution in [0.5, 0.6) is 0 Å². The first-order valence-corrected chi connectivity index (χ1v) is 5.54. The van der Waals surface area contributed by atoms with Gasteiger partial charge in [-0.3, -0.25) is 9.00 Å². The van der Waals surface area contributed by atoms with Gasteiger partial charge in [0.05, 0.1) is 17.3 Å². The maximum absolute atomic E-state index is 11.6. The molecule has 2 heterocycles. The van der Waals surface area contributed by atoms with Crippen molar-refractivity contribution in [3.63, 3.8) is 0 Å². The molecule has 3 amide bonds. The number of hydrogen-bond donors (Lipinski definition) is 1. The molecule has 0 aromatic rings. The minimum absolute atomic E-state index is 0.264. The molecule has 1 unspecified atom stereocenters. The van der Waals surface area contributed by atoms with Gasteiger partial charge >= 0.3 is 6.03 Å². The lowest BCUT2D eigenvalue weighted by Gasteiger charge is -2.28. The number of rotatable bonds is 2. The molecule has 0 aromatic carbocycles. The van der Waals surface area contributed by atoms with E-state index in [9.17, 15) is 18.4 Å². The number of carbonyl (C=O) groups excluding carboxylic acids is 2. The van der Waals surface area contributed by atoms with Gasteiger partial charge in [0.25, 0.3) is 0 Å². The smallest absolute Gasteiger partial charge is 0.332 e. The van der Waals surface area contributed by atoms with Crippen LogP contribution in [0.4, 0.5) is 4.79 Å². The number of nitrogens with two attached hydrogens (primary N) is 1. The molecule has 3 atom stereocenters. The monoisotopic (exact) mass is 232 g/mol. The summed E-state index contributed by atoms with van der Waals surface area (Å²) in [6.45, 7) is 0.264. The second-order valence-corrected chi connectivity index (χ2v) is 4.45. The maximum Gasteiger partial charge on any atom is 0.332 e. The van der Waals surface area contributed by atoms with Gasteiger partial charge in [-0.05, 0) is 12.8 Å². The second-order valence-electron chi connectivity index (χ2n) is 3.63. The molecule has 2 saturated heterocycles. The first kappa shape index (κ1) is 10.4. The average molecular weight is 232 g/mol. The average Bonchev–Trinajstić information content (AvgIpc) is 2.39.